The lowest BCUT2D eigenvalue weighted by molar-refractivity contribution is -0.184. The van der Waals surface area contributed by atoms with E-state index < -0.39 is 22.9 Å². The third-order valence-electron chi connectivity index (χ3n) is 11.0. The van der Waals surface area contributed by atoms with Crippen LogP contribution in [0.2, 0.25) is 0 Å². The summed E-state index contributed by atoms with van der Waals surface area (Å²) in [6.45, 7) is 11.7. The van der Waals surface area contributed by atoms with Gasteiger partial charge in [-0.25, -0.2) is 0 Å². The highest BCUT2D eigenvalue weighted by Gasteiger charge is 2.63. The van der Waals surface area contributed by atoms with Crippen molar-refractivity contribution in [2.45, 2.75) is 77.8 Å². The predicted molar refractivity (Wildman–Crippen MR) is 183 cm³/mol. The molecule has 1 fully saturated rings. The Hall–Kier alpha value is -3.50. The zero-order valence-electron chi connectivity index (χ0n) is 30.1. The maximum absolute atomic E-state index is 14.1. The minimum absolute atomic E-state index is 0.152. The van der Waals surface area contributed by atoms with Crippen LogP contribution in [0.4, 0.5) is 0 Å². The van der Waals surface area contributed by atoms with Crippen LogP contribution in [-0.2, 0) is 37.4 Å². The van der Waals surface area contributed by atoms with Crippen molar-refractivity contribution >= 4 is 11.9 Å². The second-order valence-electron chi connectivity index (χ2n) is 13.1. The summed E-state index contributed by atoms with van der Waals surface area (Å²) >= 11 is 0. The molecule has 5 rings (SSSR count). The van der Waals surface area contributed by atoms with Gasteiger partial charge in [0.1, 0.15) is 0 Å². The zero-order chi connectivity index (χ0) is 34.6. The van der Waals surface area contributed by atoms with E-state index >= 15 is 0 Å². The Kier molecular flexibility index (Phi) is 11.1. The van der Waals surface area contributed by atoms with E-state index in [-0.39, 0.29) is 31.6 Å². The number of benzene rings is 2. The van der Waals surface area contributed by atoms with E-state index in [9.17, 15) is 9.59 Å². The average molecular weight is 667 g/mol. The number of rotatable bonds is 12. The van der Waals surface area contributed by atoms with Crippen molar-refractivity contribution in [3.63, 3.8) is 0 Å². The van der Waals surface area contributed by atoms with Crippen LogP contribution in [0.25, 0.3) is 0 Å². The first-order valence-electron chi connectivity index (χ1n) is 17.6. The van der Waals surface area contributed by atoms with E-state index in [0.717, 1.165) is 51.0 Å². The molecule has 2 aromatic rings. The van der Waals surface area contributed by atoms with Crippen LogP contribution in [0, 0.1) is 11.3 Å². The predicted octanol–water partition coefficient (Wildman–Crippen LogP) is 5.72. The Morgan fingerprint density at radius 2 is 1.31 bits per heavy atom. The number of carbonyl (C=O) groups is 2. The molecule has 0 N–H and O–H groups in total. The standard InChI is InChI=1S/C38H54N2O8/c1-9-17-40-19-14-26-21-31(44-6)33(46-8)23-28(26)38(40)16-15-37(35(41)47-11-3,36(42)48-12-4)24-29(38)34-27-22-32(45-7)30(43-5)20-25(27)13-18-39(34)10-2/h20-23,29,34H,9-19,24H2,1-8H3/t29-,34?,38+/m1/s1. The molecule has 2 heterocycles. The van der Waals surface area contributed by atoms with Gasteiger partial charge in [-0.1, -0.05) is 13.8 Å². The van der Waals surface area contributed by atoms with Crippen LogP contribution in [0.15, 0.2) is 24.3 Å². The first kappa shape index (κ1) is 35.8. The number of esters is 2. The van der Waals surface area contributed by atoms with Crippen LogP contribution in [0.5, 0.6) is 23.0 Å². The van der Waals surface area contributed by atoms with E-state index in [1.54, 1.807) is 42.3 Å². The molecular formula is C38H54N2O8. The van der Waals surface area contributed by atoms with E-state index in [4.69, 9.17) is 28.4 Å². The molecule has 48 heavy (non-hydrogen) atoms. The largest absolute Gasteiger partial charge is 0.493 e. The molecule has 1 saturated carbocycles. The molecule has 0 aromatic heterocycles. The SMILES string of the molecule is CCCN1CCc2cc(OC)c(OC)cc2[C@]12CCC(C(=O)OCC)(C(=O)OCC)C[C@@H]2C1c2cc(OC)c(OC)cc2CCN1CC. The van der Waals surface area contributed by atoms with Crippen LogP contribution < -0.4 is 18.9 Å². The molecule has 10 heteroatoms. The van der Waals surface area contributed by atoms with Gasteiger partial charge in [0.15, 0.2) is 28.4 Å². The maximum Gasteiger partial charge on any atom is 0.323 e. The van der Waals surface area contributed by atoms with Crippen LogP contribution in [0.3, 0.4) is 0 Å². The summed E-state index contributed by atoms with van der Waals surface area (Å²) in [6.07, 6.45) is 3.81. The Morgan fingerprint density at radius 3 is 1.88 bits per heavy atom. The van der Waals surface area contributed by atoms with E-state index in [2.05, 4.69) is 47.9 Å². The van der Waals surface area contributed by atoms with Gasteiger partial charge in [-0.2, -0.15) is 0 Å². The summed E-state index contributed by atoms with van der Waals surface area (Å²) in [6, 6.07) is 8.33. The summed E-state index contributed by atoms with van der Waals surface area (Å²) in [5.74, 6) is 1.50. The lowest BCUT2D eigenvalue weighted by Gasteiger charge is -2.61. The Morgan fingerprint density at radius 1 is 0.750 bits per heavy atom. The van der Waals surface area contributed by atoms with Gasteiger partial charge in [0.25, 0.3) is 0 Å². The number of methoxy groups -OCH3 is 4. The number of fused-ring (bicyclic) bond motifs is 3. The van der Waals surface area contributed by atoms with Crippen molar-refractivity contribution in [2.75, 3.05) is 67.8 Å². The number of hydrogen-bond donors (Lipinski definition) is 0. The molecule has 0 radical (unpaired) electrons. The average Bonchev–Trinajstić information content (AvgIpc) is 3.11. The highest BCUT2D eigenvalue weighted by atomic mass is 16.6. The van der Waals surface area contributed by atoms with Gasteiger partial charge >= 0.3 is 11.9 Å². The maximum atomic E-state index is 14.1. The van der Waals surface area contributed by atoms with Crippen LogP contribution in [0.1, 0.15) is 81.7 Å². The van der Waals surface area contributed by atoms with Gasteiger partial charge < -0.3 is 28.4 Å². The number of likely N-dealkylation sites (N-methyl/N-ethyl adjacent to an activating group) is 1. The van der Waals surface area contributed by atoms with Crippen molar-refractivity contribution in [3.8, 4) is 23.0 Å². The molecule has 1 aliphatic carbocycles. The van der Waals surface area contributed by atoms with Gasteiger partial charge in [-0.15, -0.1) is 0 Å². The molecule has 1 spiro atoms. The Labute approximate surface area is 285 Å². The van der Waals surface area contributed by atoms with E-state index in [0.29, 0.717) is 35.8 Å². The number of carbonyl (C=O) groups excluding carboxylic acids is 2. The fourth-order valence-electron chi connectivity index (χ4n) is 8.92. The topological polar surface area (TPSA) is 96.0 Å². The summed E-state index contributed by atoms with van der Waals surface area (Å²) in [4.78, 5) is 33.4. The third-order valence-corrected chi connectivity index (χ3v) is 11.0. The molecular weight excluding hydrogens is 612 g/mol. The molecule has 2 aliphatic heterocycles. The molecule has 0 amide bonds. The smallest absolute Gasteiger partial charge is 0.323 e. The van der Waals surface area contributed by atoms with Gasteiger partial charge in [-0.3, -0.25) is 19.4 Å². The minimum Gasteiger partial charge on any atom is -0.493 e. The van der Waals surface area contributed by atoms with Crippen molar-refractivity contribution < 1.29 is 38.0 Å². The highest BCUT2D eigenvalue weighted by molar-refractivity contribution is 6.00. The van der Waals surface area contributed by atoms with Crippen LogP contribution >= 0.6 is 0 Å². The number of ether oxygens (including phenoxy) is 6. The number of nitrogens with zero attached hydrogens (tertiary/aromatic N) is 2. The first-order valence-corrected chi connectivity index (χ1v) is 17.6. The first-order chi connectivity index (χ1) is 23.2. The van der Waals surface area contributed by atoms with E-state index in [1.807, 2.05) is 0 Å². The normalized spacial score (nSPS) is 23.5. The van der Waals surface area contributed by atoms with Crippen molar-refractivity contribution in [1.82, 2.24) is 9.80 Å². The monoisotopic (exact) mass is 666 g/mol. The zero-order valence-corrected chi connectivity index (χ0v) is 30.1. The fourth-order valence-corrected chi connectivity index (χ4v) is 8.92. The molecule has 1 unspecified atom stereocenters. The van der Waals surface area contributed by atoms with Crippen molar-refractivity contribution in [3.05, 3.63) is 46.5 Å². The summed E-state index contributed by atoms with van der Waals surface area (Å²) < 4.78 is 34.7. The Bertz CT molecular complexity index is 1460. The molecule has 0 saturated heterocycles. The number of hydrogen-bond acceptors (Lipinski definition) is 10. The van der Waals surface area contributed by atoms with Crippen LogP contribution in [-0.4, -0.2) is 89.6 Å². The lowest BCUT2D eigenvalue weighted by Crippen LogP contribution is -2.64. The van der Waals surface area contributed by atoms with Gasteiger partial charge in [0.2, 0.25) is 0 Å². The quantitative estimate of drug-likeness (QED) is 0.207. The highest BCUT2D eigenvalue weighted by Crippen LogP contribution is 2.61. The van der Waals surface area contributed by atoms with Gasteiger partial charge in [0.05, 0.1) is 47.2 Å². The van der Waals surface area contributed by atoms with E-state index in [1.165, 1.54) is 16.7 Å². The molecule has 2 aromatic carbocycles. The fraction of sp³-hybridized carbons (Fsp3) is 0.632. The molecule has 3 aliphatic rings. The van der Waals surface area contributed by atoms with Crippen molar-refractivity contribution in [2.24, 2.45) is 11.3 Å². The summed E-state index contributed by atoms with van der Waals surface area (Å²) in [7, 11) is 6.66. The second kappa shape index (κ2) is 14.9. The second-order valence-corrected chi connectivity index (χ2v) is 13.1. The lowest BCUT2D eigenvalue weighted by atomic mass is 9.54. The summed E-state index contributed by atoms with van der Waals surface area (Å²) in [5, 5.41) is 0. The molecule has 0 bridgehead atoms. The Balaban J connectivity index is 1.85. The minimum atomic E-state index is -1.44. The van der Waals surface area contributed by atoms with Crippen molar-refractivity contribution in [1.29, 1.82) is 0 Å². The molecule has 3 atom stereocenters. The summed E-state index contributed by atoms with van der Waals surface area (Å²) in [5.41, 5.74) is 2.72. The molecule has 10 nitrogen and oxygen atoms in total. The molecule has 264 valence electrons. The van der Waals surface area contributed by atoms with Gasteiger partial charge in [0, 0.05) is 25.0 Å². The third kappa shape index (κ3) is 5.89. The van der Waals surface area contributed by atoms with Gasteiger partial charge in [-0.05, 0) is 112 Å².